The van der Waals surface area contributed by atoms with Crippen LogP contribution in [0, 0.1) is 3.57 Å². The molecule has 2 aromatic carbocycles. The number of para-hydroxylation sites is 1. The van der Waals surface area contributed by atoms with Gasteiger partial charge in [-0.3, -0.25) is 4.79 Å². The van der Waals surface area contributed by atoms with E-state index in [1.54, 1.807) is 31.4 Å². The van der Waals surface area contributed by atoms with Gasteiger partial charge in [0.2, 0.25) is 0 Å². The summed E-state index contributed by atoms with van der Waals surface area (Å²) in [4.78, 5) is 12.0. The van der Waals surface area contributed by atoms with Crippen molar-refractivity contribution in [3.8, 4) is 11.5 Å². The van der Waals surface area contributed by atoms with E-state index in [9.17, 15) is 9.90 Å². The second-order valence-electron chi connectivity index (χ2n) is 4.11. The number of rotatable bonds is 4. The van der Waals surface area contributed by atoms with E-state index in [1.165, 1.54) is 12.1 Å². The number of phenols is 1. The SMILES string of the molecule is COc1ccc(/C=C/C(=O)c2ccccc2O)cc1I. The van der Waals surface area contributed by atoms with Gasteiger partial charge in [-0.05, 0) is 58.5 Å². The lowest BCUT2D eigenvalue weighted by Gasteiger charge is -2.03. The molecule has 0 radical (unpaired) electrons. The van der Waals surface area contributed by atoms with E-state index in [0.717, 1.165) is 14.9 Å². The number of aromatic hydroxyl groups is 1. The van der Waals surface area contributed by atoms with Crippen molar-refractivity contribution in [3.05, 3.63) is 63.2 Å². The number of carbonyl (C=O) groups excluding carboxylic acids is 1. The van der Waals surface area contributed by atoms with Crippen LogP contribution in [0.25, 0.3) is 6.08 Å². The summed E-state index contributed by atoms with van der Waals surface area (Å²) in [6, 6.07) is 12.1. The molecule has 2 rings (SSSR count). The number of allylic oxidation sites excluding steroid dienone is 1. The van der Waals surface area contributed by atoms with Gasteiger partial charge < -0.3 is 9.84 Å². The Morgan fingerprint density at radius 1 is 1.25 bits per heavy atom. The molecule has 0 unspecified atom stereocenters. The Bertz CT molecular complexity index is 663. The van der Waals surface area contributed by atoms with Crippen LogP contribution < -0.4 is 4.74 Å². The Morgan fingerprint density at radius 2 is 2.00 bits per heavy atom. The molecule has 0 aliphatic carbocycles. The fraction of sp³-hybridized carbons (Fsp3) is 0.0625. The molecule has 4 heteroatoms. The van der Waals surface area contributed by atoms with Gasteiger partial charge in [0.1, 0.15) is 11.5 Å². The summed E-state index contributed by atoms with van der Waals surface area (Å²) >= 11 is 2.18. The van der Waals surface area contributed by atoms with Gasteiger partial charge in [0.15, 0.2) is 5.78 Å². The van der Waals surface area contributed by atoms with E-state index in [2.05, 4.69) is 22.6 Å². The van der Waals surface area contributed by atoms with Crippen LogP contribution in [0.3, 0.4) is 0 Å². The maximum Gasteiger partial charge on any atom is 0.189 e. The average molecular weight is 380 g/mol. The summed E-state index contributed by atoms with van der Waals surface area (Å²) in [5.74, 6) is 0.565. The van der Waals surface area contributed by atoms with Crippen molar-refractivity contribution in [3.63, 3.8) is 0 Å². The standard InChI is InChI=1S/C16H13IO3/c1-20-16-9-7-11(10-13(16)17)6-8-15(19)12-4-2-3-5-14(12)18/h2-10,18H,1H3/b8-6+. The third kappa shape index (κ3) is 3.39. The van der Waals surface area contributed by atoms with Crippen molar-refractivity contribution in [2.75, 3.05) is 7.11 Å². The van der Waals surface area contributed by atoms with Crippen molar-refractivity contribution in [1.29, 1.82) is 0 Å². The quantitative estimate of drug-likeness (QED) is 0.497. The summed E-state index contributed by atoms with van der Waals surface area (Å²) in [6.07, 6.45) is 3.17. The van der Waals surface area contributed by atoms with Crippen LogP contribution in [0.15, 0.2) is 48.5 Å². The van der Waals surface area contributed by atoms with Gasteiger partial charge in [-0.1, -0.05) is 24.3 Å². The predicted molar refractivity (Wildman–Crippen MR) is 87.2 cm³/mol. The monoisotopic (exact) mass is 380 g/mol. The molecule has 0 atom stereocenters. The maximum absolute atomic E-state index is 12.0. The van der Waals surface area contributed by atoms with Crippen LogP contribution in [-0.4, -0.2) is 18.0 Å². The zero-order valence-corrected chi connectivity index (χ0v) is 13.0. The lowest BCUT2D eigenvalue weighted by atomic mass is 10.1. The van der Waals surface area contributed by atoms with Gasteiger partial charge >= 0.3 is 0 Å². The predicted octanol–water partition coefficient (Wildman–Crippen LogP) is 3.90. The highest BCUT2D eigenvalue weighted by atomic mass is 127. The van der Waals surface area contributed by atoms with Gasteiger partial charge in [0.25, 0.3) is 0 Å². The molecule has 2 aromatic rings. The first kappa shape index (κ1) is 14.6. The van der Waals surface area contributed by atoms with E-state index >= 15 is 0 Å². The lowest BCUT2D eigenvalue weighted by Crippen LogP contribution is -1.94. The number of hydrogen-bond donors (Lipinski definition) is 1. The Morgan fingerprint density at radius 3 is 2.65 bits per heavy atom. The van der Waals surface area contributed by atoms with Gasteiger partial charge in [0, 0.05) is 0 Å². The molecule has 0 aliphatic rings. The van der Waals surface area contributed by atoms with Gasteiger partial charge in [-0.15, -0.1) is 0 Å². The van der Waals surface area contributed by atoms with E-state index in [1.807, 2.05) is 18.2 Å². The average Bonchev–Trinajstić information content (AvgIpc) is 2.45. The number of methoxy groups -OCH3 is 1. The number of phenolic OH excluding ortho intramolecular Hbond substituents is 1. The van der Waals surface area contributed by atoms with E-state index < -0.39 is 0 Å². The molecule has 20 heavy (non-hydrogen) atoms. The van der Waals surface area contributed by atoms with E-state index in [-0.39, 0.29) is 11.5 Å². The van der Waals surface area contributed by atoms with Crippen LogP contribution in [0.1, 0.15) is 15.9 Å². The first-order valence-corrected chi connectivity index (χ1v) is 7.03. The lowest BCUT2D eigenvalue weighted by molar-refractivity contribution is 0.104. The third-order valence-corrected chi connectivity index (χ3v) is 3.62. The highest BCUT2D eigenvalue weighted by molar-refractivity contribution is 14.1. The van der Waals surface area contributed by atoms with Crippen molar-refractivity contribution < 1.29 is 14.6 Å². The molecule has 0 aliphatic heterocycles. The fourth-order valence-electron chi connectivity index (χ4n) is 1.73. The number of ketones is 1. The largest absolute Gasteiger partial charge is 0.507 e. The topological polar surface area (TPSA) is 46.5 Å². The van der Waals surface area contributed by atoms with Crippen molar-refractivity contribution >= 4 is 34.5 Å². The molecule has 0 aromatic heterocycles. The molecule has 0 spiro atoms. The van der Waals surface area contributed by atoms with Crippen molar-refractivity contribution in [2.24, 2.45) is 0 Å². The molecule has 0 saturated carbocycles. The van der Waals surface area contributed by atoms with Crippen LogP contribution in [-0.2, 0) is 0 Å². The van der Waals surface area contributed by atoms with Gasteiger partial charge in [-0.25, -0.2) is 0 Å². The minimum atomic E-state index is -0.228. The van der Waals surface area contributed by atoms with Crippen molar-refractivity contribution in [1.82, 2.24) is 0 Å². The van der Waals surface area contributed by atoms with Crippen LogP contribution >= 0.6 is 22.6 Å². The molecule has 0 bridgehead atoms. The number of carbonyl (C=O) groups is 1. The number of ether oxygens (including phenoxy) is 1. The first-order valence-electron chi connectivity index (χ1n) is 5.96. The smallest absolute Gasteiger partial charge is 0.189 e. The zero-order valence-electron chi connectivity index (χ0n) is 10.8. The molecule has 102 valence electrons. The Kier molecular flexibility index (Phi) is 4.79. The van der Waals surface area contributed by atoms with E-state index in [4.69, 9.17) is 4.74 Å². The van der Waals surface area contributed by atoms with Gasteiger partial charge in [-0.2, -0.15) is 0 Å². The number of halogens is 1. The summed E-state index contributed by atoms with van der Waals surface area (Å²) in [5.41, 5.74) is 1.20. The van der Waals surface area contributed by atoms with Crippen LogP contribution in [0.2, 0.25) is 0 Å². The van der Waals surface area contributed by atoms with E-state index in [0.29, 0.717) is 5.56 Å². The molecule has 0 amide bonds. The fourth-order valence-corrected chi connectivity index (χ4v) is 2.49. The second-order valence-corrected chi connectivity index (χ2v) is 5.27. The number of hydrogen-bond acceptors (Lipinski definition) is 3. The second kappa shape index (κ2) is 6.56. The van der Waals surface area contributed by atoms with Crippen LogP contribution in [0.5, 0.6) is 11.5 Å². The first-order chi connectivity index (χ1) is 9.61. The minimum Gasteiger partial charge on any atom is -0.507 e. The molecule has 1 N–H and O–H groups in total. The van der Waals surface area contributed by atoms with Crippen LogP contribution in [0.4, 0.5) is 0 Å². The highest BCUT2D eigenvalue weighted by Gasteiger charge is 2.06. The molecular formula is C16H13IO3. The molecule has 3 nitrogen and oxygen atoms in total. The molecule has 0 fully saturated rings. The van der Waals surface area contributed by atoms with Gasteiger partial charge in [0.05, 0.1) is 16.2 Å². The Labute approximate surface area is 131 Å². The molecule has 0 heterocycles. The zero-order chi connectivity index (χ0) is 14.5. The maximum atomic E-state index is 12.0. The summed E-state index contributed by atoms with van der Waals surface area (Å²) < 4.78 is 6.15. The summed E-state index contributed by atoms with van der Waals surface area (Å²) in [6.45, 7) is 0. The van der Waals surface area contributed by atoms with Crippen molar-refractivity contribution in [2.45, 2.75) is 0 Å². The molecule has 0 saturated heterocycles. The third-order valence-electron chi connectivity index (χ3n) is 2.77. The highest BCUT2D eigenvalue weighted by Crippen LogP contribution is 2.22. The Balaban J connectivity index is 2.19. The minimum absolute atomic E-state index is 0.00791. The Hall–Kier alpha value is -1.82. The summed E-state index contributed by atoms with van der Waals surface area (Å²) in [7, 11) is 1.62. The summed E-state index contributed by atoms with van der Waals surface area (Å²) in [5, 5.41) is 9.62. The number of benzene rings is 2. The molecular weight excluding hydrogens is 367 g/mol. The normalized spacial score (nSPS) is 10.7.